The van der Waals surface area contributed by atoms with E-state index in [4.69, 9.17) is 0 Å². The first-order valence-electron chi connectivity index (χ1n) is 7.73. The minimum Gasteiger partial charge on any atom is -0.377 e. The quantitative estimate of drug-likeness (QED) is 0.643. The molecule has 2 rings (SSSR count). The Balaban J connectivity index is 2.07. The molecule has 1 heterocycles. The van der Waals surface area contributed by atoms with Gasteiger partial charge in [0.25, 0.3) is 5.69 Å². The number of aryl methyl sites for hydroxylation is 2. The Bertz CT molecular complexity index is 510. The molecule has 116 valence electrons. The van der Waals surface area contributed by atoms with Crippen molar-refractivity contribution in [1.29, 1.82) is 0 Å². The largest absolute Gasteiger partial charge is 0.377 e. The Kier molecular flexibility index (Phi) is 5.17. The lowest BCUT2D eigenvalue weighted by Gasteiger charge is -2.27. The van der Waals surface area contributed by atoms with E-state index in [0.717, 1.165) is 24.1 Å². The van der Waals surface area contributed by atoms with Crippen LogP contribution in [0.2, 0.25) is 0 Å². The Labute approximate surface area is 126 Å². The fraction of sp³-hybridized carbons (Fsp3) is 0.625. The van der Waals surface area contributed by atoms with Gasteiger partial charge in [-0.25, -0.2) is 0 Å². The van der Waals surface area contributed by atoms with E-state index in [0.29, 0.717) is 11.7 Å². The highest BCUT2D eigenvalue weighted by Crippen LogP contribution is 2.29. The molecule has 0 aliphatic carbocycles. The second-order valence-corrected chi connectivity index (χ2v) is 6.14. The number of hydrogen-bond acceptors (Lipinski definition) is 4. The number of benzene rings is 1. The molecule has 1 aliphatic heterocycles. The van der Waals surface area contributed by atoms with Gasteiger partial charge in [0, 0.05) is 18.2 Å². The smallest absolute Gasteiger partial charge is 0.292 e. The summed E-state index contributed by atoms with van der Waals surface area (Å²) < 4.78 is 0. The van der Waals surface area contributed by atoms with Crippen LogP contribution in [0.15, 0.2) is 12.1 Å². The van der Waals surface area contributed by atoms with E-state index in [9.17, 15) is 10.1 Å². The normalized spacial score (nSPS) is 20.0. The molecule has 0 bridgehead atoms. The maximum Gasteiger partial charge on any atom is 0.292 e. The molecule has 2 N–H and O–H groups in total. The zero-order chi connectivity index (χ0) is 15.4. The van der Waals surface area contributed by atoms with Crippen molar-refractivity contribution >= 4 is 11.4 Å². The molecule has 5 heteroatoms. The number of rotatable bonds is 5. The summed E-state index contributed by atoms with van der Waals surface area (Å²) in [6, 6.07) is 4.27. The minimum atomic E-state index is -0.305. The van der Waals surface area contributed by atoms with Crippen molar-refractivity contribution in [3.05, 3.63) is 33.4 Å². The Morgan fingerprint density at radius 1 is 1.38 bits per heavy atom. The van der Waals surface area contributed by atoms with Gasteiger partial charge in [-0.3, -0.25) is 10.1 Å². The number of nitrogens with zero attached hydrogens (tertiary/aromatic N) is 1. The topological polar surface area (TPSA) is 67.2 Å². The van der Waals surface area contributed by atoms with Crippen LogP contribution in [0.4, 0.5) is 11.4 Å². The van der Waals surface area contributed by atoms with Crippen LogP contribution in [0, 0.1) is 24.0 Å². The predicted octanol–water partition coefficient (Wildman–Crippen LogP) is 3.54. The molecule has 2 unspecified atom stereocenters. The molecule has 1 fully saturated rings. The van der Waals surface area contributed by atoms with Gasteiger partial charge in [0.1, 0.15) is 5.69 Å². The van der Waals surface area contributed by atoms with E-state index in [-0.39, 0.29) is 16.7 Å². The third-order valence-electron chi connectivity index (χ3n) is 4.26. The lowest BCUT2D eigenvalue weighted by Crippen LogP contribution is -2.37. The van der Waals surface area contributed by atoms with Crippen molar-refractivity contribution in [3.8, 4) is 0 Å². The lowest BCUT2D eigenvalue weighted by molar-refractivity contribution is -0.384. The van der Waals surface area contributed by atoms with Crippen LogP contribution in [0.1, 0.15) is 43.7 Å². The molecule has 1 saturated heterocycles. The van der Waals surface area contributed by atoms with E-state index in [2.05, 4.69) is 17.6 Å². The molecule has 0 radical (unpaired) electrons. The number of anilines is 1. The van der Waals surface area contributed by atoms with Crippen molar-refractivity contribution < 1.29 is 4.92 Å². The highest BCUT2D eigenvalue weighted by atomic mass is 16.6. The van der Waals surface area contributed by atoms with Gasteiger partial charge in [-0.1, -0.05) is 6.42 Å². The summed E-state index contributed by atoms with van der Waals surface area (Å²) in [6.45, 7) is 7.06. The van der Waals surface area contributed by atoms with Crippen LogP contribution in [0.25, 0.3) is 0 Å². The van der Waals surface area contributed by atoms with Crippen LogP contribution in [0.3, 0.4) is 0 Å². The Morgan fingerprint density at radius 2 is 2.10 bits per heavy atom. The number of nitro groups is 1. The third-order valence-corrected chi connectivity index (χ3v) is 4.26. The van der Waals surface area contributed by atoms with Crippen molar-refractivity contribution in [1.82, 2.24) is 5.32 Å². The second-order valence-electron chi connectivity index (χ2n) is 6.14. The average Bonchev–Trinajstić information content (AvgIpc) is 2.43. The maximum absolute atomic E-state index is 11.2. The second kappa shape index (κ2) is 6.89. The molecule has 0 amide bonds. The van der Waals surface area contributed by atoms with Gasteiger partial charge in [0.2, 0.25) is 0 Å². The Morgan fingerprint density at radius 3 is 2.71 bits per heavy atom. The summed E-state index contributed by atoms with van der Waals surface area (Å²) in [4.78, 5) is 10.9. The van der Waals surface area contributed by atoms with Gasteiger partial charge in [0.05, 0.1) is 4.92 Å². The number of nitro benzene ring substituents is 1. The number of piperidine rings is 1. The van der Waals surface area contributed by atoms with E-state index in [1.165, 1.54) is 19.3 Å². The monoisotopic (exact) mass is 291 g/mol. The predicted molar refractivity (Wildman–Crippen MR) is 85.9 cm³/mol. The highest BCUT2D eigenvalue weighted by Gasteiger charge is 2.20. The zero-order valence-electron chi connectivity index (χ0n) is 13.1. The first-order chi connectivity index (χ1) is 9.97. The van der Waals surface area contributed by atoms with Crippen molar-refractivity contribution in [2.75, 3.05) is 11.9 Å². The summed E-state index contributed by atoms with van der Waals surface area (Å²) in [5, 5.41) is 18.1. The summed E-state index contributed by atoms with van der Waals surface area (Å²) in [6.07, 6.45) is 4.71. The van der Waals surface area contributed by atoms with E-state index in [1.807, 2.05) is 19.9 Å². The van der Waals surface area contributed by atoms with Crippen molar-refractivity contribution in [2.24, 2.45) is 0 Å². The average molecular weight is 291 g/mol. The molecule has 0 saturated carbocycles. The molecule has 2 atom stereocenters. The van der Waals surface area contributed by atoms with Gasteiger partial charge < -0.3 is 10.6 Å². The van der Waals surface area contributed by atoms with Crippen LogP contribution in [-0.4, -0.2) is 23.6 Å². The fourth-order valence-electron chi connectivity index (χ4n) is 2.94. The van der Waals surface area contributed by atoms with Crippen LogP contribution < -0.4 is 10.6 Å². The van der Waals surface area contributed by atoms with E-state index >= 15 is 0 Å². The lowest BCUT2D eigenvalue weighted by atomic mass is 9.98. The Hall–Kier alpha value is -1.62. The van der Waals surface area contributed by atoms with Crippen LogP contribution in [0.5, 0.6) is 0 Å². The number of nitrogens with one attached hydrogen (secondary N) is 2. The van der Waals surface area contributed by atoms with Gasteiger partial charge in [-0.2, -0.15) is 0 Å². The SMILES string of the molecule is Cc1cc(NC(C)CC2CCCCN2)c([N+](=O)[O-])cc1C. The number of hydrogen-bond donors (Lipinski definition) is 2. The highest BCUT2D eigenvalue weighted by molar-refractivity contribution is 5.64. The van der Waals surface area contributed by atoms with E-state index < -0.39 is 0 Å². The minimum absolute atomic E-state index is 0.168. The first-order valence-corrected chi connectivity index (χ1v) is 7.73. The molecule has 1 aliphatic rings. The van der Waals surface area contributed by atoms with Crippen molar-refractivity contribution in [3.63, 3.8) is 0 Å². The van der Waals surface area contributed by atoms with Gasteiger partial charge in [-0.05, 0) is 63.8 Å². The molecular weight excluding hydrogens is 266 g/mol. The molecule has 21 heavy (non-hydrogen) atoms. The molecule has 0 aromatic heterocycles. The van der Waals surface area contributed by atoms with Crippen molar-refractivity contribution in [2.45, 2.75) is 58.5 Å². The summed E-state index contributed by atoms with van der Waals surface area (Å²) in [5.41, 5.74) is 2.83. The summed E-state index contributed by atoms with van der Waals surface area (Å²) >= 11 is 0. The van der Waals surface area contributed by atoms with Gasteiger partial charge >= 0.3 is 0 Å². The third kappa shape index (κ3) is 4.17. The van der Waals surface area contributed by atoms with Gasteiger partial charge in [-0.15, -0.1) is 0 Å². The zero-order valence-corrected chi connectivity index (χ0v) is 13.1. The molecule has 1 aromatic rings. The van der Waals surface area contributed by atoms with Gasteiger partial charge in [0.15, 0.2) is 0 Å². The molecule has 1 aromatic carbocycles. The fourth-order valence-corrected chi connectivity index (χ4v) is 2.94. The summed E-state index contributed by atoms with van der Waals surface area (Å²) in [7, 11) is 0. The molecule has 0 spiro atoms. The standard InChI is InChI=1S/C16H25N3O2/c1-11-8-15(16(19(20)21)9-12(11)2)18-13(3)10-14-6-4-5-7-17-14/h8-9,13-14,17-18H,4-7,10H2,1-3H3. The molecule has 5 nitrogen and oxygen atoms in total. The van der Waals surface area contributed by atoms with Crippen LogP contribution >= 0.6 is 0 Å². The van der Waals surface area contributed by atoms with Crippen LogP contribution in [-0.2, 0) is 0 Å². The van der Waals surface area contributed by atoms with E-state index in [1.54, 1.807) is 6.07 Å². The molecular formula is C16H25N3O2. The summed E-state index contributed by atoms with van der Waals surface area (Å²) in [5.74, 6) is 0. The first kappa shape index (κ1) is 15.8. The maximum atomic E-state index is 11.2.